The molecule has 0 radical (unpaired) electrons. The number of carbonyl (C=O) groups excluding carboxylic acids is 1. The Bertz CT molecular complexity index is 1040. The average molecular weight is 350 g/mol. The minimum absolute atomic E-state index is 0.00427. The highest BCUT2D eigenvalue weighted by Gasteiger charge is 2.17. The third-order valence-electron chi connectivity index (χ3n) is 3.58. The van der Waals surface area contributed by atoms with Gasteiger partial charge < -0.3 is 18.5 Å². The molecule has 7 heteroatoms. The van der Waals surface area contributed by atoms with E-state index in [1.54, 1.807) is 24.4 Å². The number of carbonyl (C=O) groups is 1. The van der Waals surface area contributed by atoms with Crippen molar-refractivity contribution in [1.82, 2.24) is 4.57 Å². The molecule has 0 aliphatic carbocycles. The molecular formula is C19H14N2O5. The minimum Gasteiger partial charge on any atom is -0.493 e. The highest BCUT2D eigenvalue weighted by molar-refractivity contribution is 5.88. The molecule has 2 aromatic heterocycles. The largest absolute Gasteiger partial charge is 0.493 e. The molecule has 0 saturated heterocycles. The van der Waals surface area contributed by atoms with Crippen molar-refractivity contribution in [2.75, 3.05) is 7.11 Å². The smallest absolute Gasteiger partial charge is 0.379 e. The van der Waals surface area contributed by atoms with Gasteiger partial charge in [-0.05, 0) is 30.3 Å². The van der Waals surface area contributed by atoms with Crippen LogP contribution in [0, 0.1) is 11.3 Å². The van der Waals surface area contributed by atoms with Crippen LogP contribution in [0.1, 0.15) is 21.9 Å². The van der Waals surface area contributed by atoms with Crippen molar-refractivity contribution in [3.05, 3.63) is 82.2 Å². The summed E-state index contributed by atoms with van der Waals surface area (Å²) in [4.78, 5) is 24.0. The molecule has 1 aromatic carbocycles. The van der Waals surface area contributed by atoms with E-state index in [4.69, 9.17) is 19.2 Å². The Morgan fingerprint density at radius 3 is 2.77 bits per heavy atom. The van der Waals surface area contributed by atoms with E-state index in [2.05, 4.69) is 0 Å². The molecule has 0 spiro atoms. The van der Waals surface area contributed by atoms with Crippen LogP contribution < -0.4 is 15.0 Å². The fourth-order valence-electron chi connectivity index (χ4n) is 2.30. The van der Waals surface area contributed by atoms with Gasteiger partial charge in [0, 0.05) is 18.3 Å². The van der Waals surface area contributed by atoms with Crippen molar-refractivity contribution in [3.63, 3.8) is 0 Å². The van der Waals surface area contributed by atoms with E-state index in [9.17, 15) is 9.59 Å². The molecule has 0 bridgehead atoms. The van der Waals surface area contributed by atoms with Crippen LogP contribution in [-0.4, -0.2) is 17.6 Å². The summed E-state index contributed by atoms with van der Waals surface area (Å²) in [5.74, 6) is 0.167. The molecule has 7 nitrogen and oxygen atoms in total. The first kappa shape index (κ1) is 17.0. The highest BCUT2D eigenvalue weighted by atomic mass is 16.6. The fraction of sp³-hybridized carbons (Fsp3) is 0.105. The van der Waals surface area contributed by atoms with Gasteiger partial charge >= 0.3 is 5.97 Å². The van der Waals surface area contributed by atoms with Crippen LogP contribution in [0.5, 0.6) is 11.5 Å². The zero-order valence-electron chi connectivity index (χ0n) is 13.8. The number of hydrogen-bond donors (Lipinski definition) is 0. The second-order valence-corrected chi connectivity index (χ2v) is 5.30. The maximum Gasteiger partial charge on any atom is 0.379 e. The lowest BCUT2D eigenvalue weighted by molar-refractivity contribution is 0.0694. The second kappa shape index (κ2) is 7.40. The Morgan fingerprint density at radius 2 is 2.04 bits per heavy atom. The summed E-state index contributed by atoms with van der Waals surface area (Å²) >= 11 is 0. The van der Waals surface area contributed by atoms with Crippen LogP contribution in [0.2, 0.25) is 0 Å². The Hall–Kier alpha value is -3.79. The number of hydrogen-bond acceptors (Lipinski definition) is 6. The normalized spacial score (nSPS) is 10.2. The number of aromatic nitrogens is 1. The quantitative estimate of drug-likeness (QED) is 0.518. The molecule has 3 aromatic rings. The summed E-state index contributed by atoms with van der Waals surface area (Å²) in [5, 5.41) is 8.90. The van der Waals surface area contributed by atoms with Gasteiger partial charge in [-0.25, -0.2) is 4.79 Å². The van der Waals surface area contributed by atoms with Crippen molar-refractivity contribution >= 4 is 5.97 Å². The number of benzene rings is 1. The van der Waals surface area contributed by atoms with Crippen LogP contribution in [-0.2, 0) is 6.54 Å². The van der Waals surface area contributed by atoms with Gasteiger partial charge in [-0.15, -0.1) is 0 Å². The van der Waals surface area contributed by atoms with Crippen LogP contribution >= 0.6 is 0 Å². The monoisotopic (exact) mass is 350 g/mol. The summed E-state index contributed by atoms with van der Waals surface area (Å²) in [6.07, 6.45) is 1.63. The highest BCUT2D eigenvalue weighted by Crippen LogP contribution is 2.28. The van der Waals surface area contributed by atoms with Crippen molar-refractivity contribution in [2.24, 2.45) is 0 Å². The number of ether oxygens (including phenoxy) is 2. The van der Waals surface area contributed by atoms with E-state index in [0.717, 1.165) is 0 Å². The average Bonchev–Trinajstić information content (AvgIpc) is 3.12. The molecule has 26 heavy (non-hydrogen) atoms. The van der Waals surface area contributed by atoms with Gasteiger partial charge in [-0.3, -0.25) is 4.79 Å². The van der Waals surface area contributed by atoms with E-state index in [-0.39, 0.29) is 29.4 Å². The summed E-state index contributed by atoms with van der Waals surface area (Å²) in [7, 11) is 1.41. The SMILES string of the molecule is COc1cc(C#N)ccc1OC(=O)c1ccc(Cn2ccccc2=O)o1. The summed E-state index contributed by atoms with van der Waals surface area (Å²) in [6.45, 7) is 0.202. The molecule has 0 amide bonds. The topological polar surface area (TPSA) is 94.5 Å². The number of nitrogens with zero attached hydrogens (tertiary/aromatic N) is 2. The van der Waals surface area contributed by atoms with Crippen molar-refractivity contribution < 1.29 is 18.7 Å². The Balaban J connectivity index is 1.76. The number of nitriles is 1. The number of rotatable bonds is 5. The van der Waals surface area contributed by atoms with Crippen LogP contribution in [0.25, 0.3) is 0 Å². The Morgan fingerprint density at radius 1 is 1.19 bits per heavy atom. The molecule has 0 N–H and O–H groups in total. The van der Waals surface area contributed by atoms with Gasteiger partial charge in [-0.1, -0.05) is 6.07 Å². The number of pyridine rings is 1. The zero-order valence-corrected chi connectivity index (χ0v) is 13.8. The van der Waals surface area contributed by atoms with Crippen LogP contribution in [0.15, 0.2) is 63.9 Å². The summed E-state index contributed by atoms with van der Waals surface area (Å²) in [6, 6.07) is 14.3. The molecule has 0 unspecified atom stereocenters. The number of esters is 1. The first-order valence-electron chi connectivity index (χ1n) is 7.65. The molecule has 0 atom stereocenters. The van der Waals surface area contributed by atoms with Crippen molar-refractivity contribution in [1.29, 1.82) is 5.26 Å². The van der Waals surface area contributed by atoms with E-state index in [0.29, 0.717) is 11.3 Å². The third kappa shape index (κ3) is 3.65. The van der Waals surface area contributed by atoms with Crippen molar-refractivity contribution in [2.45, 2.75) is 6.54 Å². The predicted molar refractivity (Wildman–Crippen MR) is 91.2 cm³/mol. The van der Waals surface area contributed by atoms with Crippen molar-refractivity contribution in [3.8, 4) is 17.6 Å². The molecule has 3 rings (SSSR count). The summed E-state index contributed by atoms with van der Waals surface area (Å²) in [5.41, 5.74) is 0.214. The van der Waals surface area contributed by atoms with Gasteiger partial charge in [0.25, 0.3) is 5.56 Å². The second-order valence-electron chi connectivity index (χ2n) is 5.30. The van der Waals surface area contributed by atoms with Gasteiger partial charge in [-0.2, -0.15) is 5.26 Å². The molecule has 0 fully saturated rings. The number of methoxy groups -OCH3 is 1. The lowest BCUT2D eigenvalue weighted by Gasteiger charge is -2.08. The predicted octanol–water partition coefficient (Wildman–Crippen LogP) is 2.59. The zero-order chi connectivity index (χ0) is 18.5. The van der Waals surface area contributed by atoms with E-state index in [1.807, 2.05) is 6.07 Å². The molecule has 2 heterocycles. The Labute approximate surface area is 148 Å². The number of furan rings is 1. The van der Waals surface area contributed by atoms with Gasteiger partial charge in [0.2, 0.25) is 5.76 Å². The fourth-order valence-corrected chi connectivity index (χ4v) is 2.30. The lowest BCUT2D eigenvalue weighted by Crippen LogP contribution is -2.17. The molecule has 130 valence electrons. The third-order valence-corrected chi connectivity index (χ3v) is 3.58. The van der Waals surface area contributed by atoms with E-state index < -0.39 is 5.97 Å². The lowest BCUT2D eigenvalue weighted by atomic mass is 10.2. The van der Waals surface area contributed by atoms with E-state index >= 15 is 0 Å². The molecular weight excluding hydrogens is 336 g/mol. The van der Waals surface area contributed by atoms with Crippen LogP contribution in [0.3, 0.4) is 0 Å². The van der Waals surface area contributed by atoms with Gasteiger partial charge in [0.1, 0.15) is 5.76 Å². The summed E-state index contributed by atoms with van der Waals surface area (Å²) < 4.78 is 17.3. The molecule has 0 aliphatic rings. The van der Waals surface area contributed by atoms with Gasteiger partial charge in [0.05, 0.1) is 25.3 Å². The first-order chi connectivity index (χ1) is 12.6. The van der Waals surface area contributed by atoms with E-state index in [1.165, 1.54) is 42.0 Å². The van der Waals surface area contributed by atoms with Gasteiger partial charge in [0.15, 0.2) is 11.5 Å². The molecule has 0 aliphatic heterocycles. The maximum absolute atomic E-state index is 12.3. The molecule has 0 saturated carbocycles. The standard InChI is InChI=1S/C19H14N2O5/c1-24-17-10-13(11-20)5-7-15(17)26-19(23)16-8-6-14(25-16)12-21-9-3-2-4-18(21)22/h2-10H,12H2,1H3. The Kier molecular flexibility index (Phi) is 4.85. The first-order valence-corrected chi connectivity index (χ1v) is 7.65. The minimum atomic E-state index is -0.709. The van der Waals surface area contributed by atoms with Crippen LogP contribution in [0.4, 0.5) is 0 Å². The maximum atomic E-state index is 12.3.